The van der Waals surface area contributed by atoms with Crippen molar-refractivity contribution < 1.29 is 9.59 Å². The van der Waals surface area contributed by atoms with Gasteiger partial charge in [0.15, 0.2) is 0 Å². The zero-order valence-electron chi connectivity index (χ0n) is 14.4. The van der Waals surface area contributed by atoms with Gasteiger partial charge in [0.1, 0.15) is 0 Å². The van der Waals surface area contributed by atoms with Gasteiger partial charge in [-0.3, -0.25) is 9.59 Å². The van der Waals surface area contributed by atoms with Crippen molar-refractivity contribution >= 4 is 11.8 Å². The fourth-order valence-electron chi connectivity index (χ4n) is 3.81. The van der Waals surface area contributed by atoms with Crippen LogP contribution >= 0.6 is 0 Å². The Hall–Kier alpha value is -2.62. The van der Waals surface area contributed by atoms with E-state index in [1.807, 2.05) is 41.3 Å². The first-order chi connectivity index (χ1) is 12.1. The first-order valence-corrected chi connectivity index (χ1v) is 8.79. The lowest BCUT2D eigenvalue weighted by Crippen LogP contribution is -2.49. The number of hydrogen-bond acceptors (Lipinski definition) is 2. The Morgan fingerprint density at radius 1 is 0.920 bits per heavy atom. The summed E-state index contributed by atoms with van der Waals surface area (Å²) in [4.78, 5) is 25.5. The largest absolute Gasteiger partial charge is 0.370 e. The molecular weight excluding hydrogens is 312 g/mol. The van der Waals surface area contributed by atoms with E-state index in [9.17, 15) is 9.59 Å². The Balaban J connectivity index is 1.93. The van der Waals surface area contributed by atoms with Crippen LogP contribution in [0, 0.1) is 0 Å². The van der Waals surface area contributed by atoms with Crippen molar-refractivity contribution in [1.82, 2.24) is 4.90 Å². The highest BCUT2D eigenvalue weighted by molar-refractivity contribution is 5.83. The van der Waals surface area contributed by atoms with Gasteiger partial charge in [0.05, 0.1) is 0 Å². The lowest BCUT2D eigenvalue weighted by atomic mass is 9.69. The zero-order valence-corrected chi connectivity index (χ0v) is 14.4. The standard InChI is InChI=1S/C21H24N2O2/c22-19(24)12-13-20(25)23-15-7-14-21(16-23,17-8-3-1-4-9-17)18-10-5-2-6-11-18/h1-6,8-11H,7,12-16H2,(H2,22,24). The number of carbonyl (C=O) groups is 2. The van der Waals surface area contributed by atoms with Crippen LogP contribution in [-0.4, -0.2) is 29.8 Å². The number of piperidine rings is 1. The van der Waals surface area contributed by atoms with Gasteiger partial charge in [0, 0.05) is 31.3 Å². The van der Waals surface area contributed by atoms with Gasteiger partial charge in [-0.15, -0.1) is 0 Å². The molecule has 2 aromatic carbocycles. The number of rotatable bonds is 5. The quantitative estimate of drug-likeness (QED) is 0.912. The molecule has 0 spiro atoms. The topological polar surface area (TPSA) is 63.4 Å². The van der Waals surface area contributed by atoms with Crippen LogP contribution in [0.5, 0.6) is 0 Å². The Labute approximate surface area is 148 Å². The second-order valence-electron chi connectivity index (χ2n) is 6.70. The van der Waals surface area contributed by atoms with Gasteiger partial charge in [-0.1, -0.05) is 60.7 Å². The van der Waals surface area contributed by atoms with E-state index in [0.717, 1.165) is 19.4 Å². The van der Waals surface area contributed by atoms with E-state index in [1.165, 1.54) is 11.1 Å². The summed E-state index contributed by atoms with van der Waals surface area (Å²) >= 11 is 0. The minimum Gasteiger partial charge on any atom is -0.370 e. The van der Waals surface area contributed by atoms with Crippen molar-refractivity contribution in [2.45, 2.75) is 31.1 Å². The van der Waals surface area contributed by atoms with E-state index in [0.29, 0.717) is 6.54 Å². The second-order valence-corrected chi connectivity index (χ2v) is 6.70. The molecule has 0 atom stereocenters. The number of likely N-dealkylation sites (tertiary alicyclic amines) is 1. The van der Waals surface area contributed by atoms with Gasteiger partial charge < -0.3 is 10.6 Å². The summed E-state index contributed by atoms with van der Waals surface area (Å²) in [5, 5.41) is 0. The first kappa shape index (κ1) is 17.2. The van der Waals surface area contributed by atoms with Gasteiger partial charge in [-0.25, -0.2) is 0 Å². The monoisotopic (exact) mass is 336 g/mol. The summed E-state index contributed by atoms with van der Waals surface area (Å²) in [6.45, 7) is 1.37. The fraction of sp³-hybridized carbons (Fsp3) is 0.333. The van der Waals surface area contributed by atoms with E-state index in [2.05, 4.69) is 24.3 Å². The maximum atomic E-state index is 12.6. The lowest BCUT2D eigenvalue weighted by Gasteiger charge is -2.44. The predicted octanol–water partition coefficient (Wildman–Crippen LogP) is 2.86. The number of amides is 2. The molecule has 1 heterocycles. The Kier molecular flexibility index (Phi) is 5.17. The summed E-state index contributed by atoms with van der Waals surface area (Å²) < 4.78 is 0. The molecule has 1 fully saturated rings. The molecule has 2 aromatic rings. The number of primary amides is 1. The molecule has 2 N–H and O–H groups in total. The van der Waals surface area contributed by atoms with Crippen molar-refractivity contribution in [3.63, 3.8) is 0 Å². The second kappa shape index (κ2) is 7.51. The summed E-state index contributed by atoms with van der Waals surface area (Å²) in [5.41, 5.74) is 7.45. The fourth-order valence-corrected chi connectivity index (χ4v) is 3.81. The van der Waals surface area contributed by atoms with Gasteiger partial charge in [0.2, 0.25) is 11.8 Å². The lowest BCUT2D eigenvalue weighted by molar-refractivity contribution is -0.134. The van der Waals surface area contributed by atoms with E-state index >= 15 is 0 Å². The number of benzene rings is 2. The third kappa shape index (κ3) is 3.73. The highest BCUT2D eigenvalue weighted by atomic mass is 16.2. The molecular formula is C21H24N2O2. The first-order valence-electron chi connectivity index (χ1n) is 8.79. The minimum absolute atomic E-state index is 0.00902. The van der Waals surface area contributed by atoms with E-state index in [1.54, 1.807) is 0 Å². The third-order valence-corrected chi connectivity index (χ3v) is 5.08. The van der Waals surface area contributed by atoms with Gasteiger partial charge in [-0.2, -0.15) is 0 Å². The normalized spacial score (nSPS) is 16.4. The van der Waals surface area contributed by atoms with Crippen LogP contribution in [-0.2, 0) is 15.0 Å². The highest BCUT2D eigenvalue weighted by Gasteiger charge is 2.39. The van der Waals surface area contributed by atoms with E-state index in [-0.39, 0.29) is 24.2 Å². The molecule has 0 bridgehead atoms. The summed E-state index contributed by atoms with van der Waals surface area (Å²) in [7, 11) is 0. The van der Waals surface area contributed by atoms with Crippen molar-refractivity contribution in [2.24, 2.45) is 5.73 Å². The molecule has 1 aliphatic rings. The summed E-state index contributed by atoms with van der Waals surface area (Å²) in [6, 6.07) is 20.8. The van der Waals surface area contributed by atoms with Crippen molar-refractivity contribution in [2.75, 3.05) is 13.1 Å². The van der Waals surface area contributed by atoms with Crippen molar-refractivity contribution in [3.8, 4) is 0 Å². The van der Waals surface area contributed by atoms with Crippen LogP contribution in [0.2, 0.25) is 0 Å². The molecule has 1 aliphatic heterocycles. The van der Waals surface area contributed by atoms with Gasteiger partial charge in [0.25, 0.3) is 0 Å². The average molecular weight is 336 g/mol. The molecule has 2 amide bonds. The van der Waals surface area contributed by atoms with Gasteiger partial charge in [-0.05, 0) is 24.0 Å². The molecule has 0 aromatic heterocycles. The predicted molar refractivity (Wildman–Crippen MR) is 97.9 cm³/mol. The molecule has 0 aliphatic carbocycles. The smallest absolute Gasteiger partial charge is 0.223 e. The van der Waals surface area contributed by atoms with Crippen molar-refractivity contribution in [1.29, 1.82) is 0 Å². The zero-order chi connectivity index (χ0) is 17.7. The van der Waals surface area contributed by atoms with E-state index < -0.39 is 5.91 Å². The maximum Gasteiger partial charge on any atom is 0.223 e. The van der Waals surface area contributed by atoms with Crippen LogP contribution in [0.1, 0.15) is 36.8 Å². The van der Waals surface area contributed by atoms with Crippen LogP contribution in [0.25, 0.3) is 0 Å². The summed E-state index contributed by atoms with van der Waals surface area (Å²) in [6.07, 6.45) is 2.24. The van der Waals surface area contributed by atoms with Crippen molar-refractivity contribution in [3.05, 3.63) is 71.8 Å². The molecule has 4 heteroatoms. The van der Waals surface area contributed by atoms with Crippen LogP contribution in [0.15, 0.2) is 60.7 Å². The molecule has 0 radical (unpaired) electrons. The number of nitrogens with zero attached hydrogens (tertiary/aromatic N) is 1. The Morgan fingerprint density at radius 3 is 2.00 bits per heavy atom. The van der Waals surface area contributed by atoms with Gasteiger partial charge >= 0.3 is 0 Å². The molecule has 130 valence electrons. The van der Waals surface area contributed by atoms with E-state index in [4.69, 9.17) is 5.73 Å². The molecule has 0 unspecified atom stereocenters. The summed E-state index contributed by atoms with van der Waals surface area (Å²) in [5.74, 6) is -0.419. The molecule has 0 saturated carbocycles. The highest BCUT2D eigenvalue weighted by Crippen LogP contribution is 2.40. The Morgan fingerprint density at radius 2 is 1.48 bits per heavy atom. The van der Waals surface area contributed by atoms with Crippen LogP contribution in [0.4, 0.5) is 0 Å². The SMILES string of the molecule is NC(=O)CCC(=O)N1CCCC(c2ccccc2)(c2ccccc2)C1. The number of nitrogens with two attached hydrogens (primary N) is 1. The molecule has 3 rings (SSSR count). The third-order valence-electron chi connectivity index (χ3n) is 5.08. The minimum atomic E-state index is -0.428. The number of hydrogen-bond donors (Lipinski definition) is 1. The molecule has 4 nitrogen and oxygen atoms in total. The number of carbonyl (C=O) groups excluding carboxylic acids is 2. The maximum absolute atomic E-state index is 12.6. The molecule has 25 heavy (non-hydrogen) atoms. The van der Waals surface area contributed by atoms with Crippen LogP contribution < -0.4 is 5.73 Å². The molecule has 1 saturated heterocycles. The van der Waals surface area contributed by atoms with Crippen LogP contribution in [0.3, 0.4) is 0 Å². The average Bonchev–Trinajstić information content (AvgIpc) is 2.67. The Bertz CT molecular complexity index is 689.